The number of carbonyl (C=O) groups is 1. The van der Waals surface area contributed by atoms with Gasteiger partial charge in [0.2, 0.25) is 15.9 Å². The molecule has 1 N–H and O–H groups in total. The topological polar surface area (TPSA) is 75.7 Å². The summed E-state index contributed by atoms with van der Waals surface area (Å²) in [5.41, 5.74) is 1.71. The number of methoxy groups -OCH3 is 1. The van der Waals surface area contributed by atoms with Crippen molar-refractivity contribution < 1.29 is 17.9 Å². The van der Waals surface area contributed by atoms with Crippen molar-refractivity contribution in [2.24, 2.45) is 5.92 Å². The first kappa shape index (κ1) is 24.8. The maximum atomic E-state index is 12.8. The van der Waals surface area contributed by atoms with Gasteiger partial charge in [-0.15, -0.1) is 0 Å². The van der Waals surface area contributed by atoms with Crippen molar-refractivity contribution in [3.05, 3.63) is 63.6 Å². The Labute approximate surface area is 199 Å². The molecule has 1 aliphatic heterocycles. The van der Waals surface area contributed by atoms with Crippen LogP contribution in [-0.4, -0.2) is 45.4 Å². The van der Waals surface area contributed by atoms with E-state index in [1.54, 1.807) is 25.3 Å². The van der Waals surface area contributed by atoms with Crippen LogP contribution in [0.15, 0.2) is 42.5 Å². The molecule has 2 aromatic carbocycles. The maximum Gasteiger partial charge on any atom is 0.223 e. The average molecular weight is 499 g/mol. The fourth-order valence-corrected chi connectivity index (χ4v) is 5.91. The largest absolute Gasteiger partial charge is 0.497 e. The van der Waals surface area contributed by atoms with Gasteiger partial charge in [0.15, 0.2) is 0 Å². The lowest BCUT2D eigenvalue weighted by atomic mass is 9.97. The highest BCUT2D eigenvalue weighted by Crippen LogP contribution is 2.26. The van der Waals surface area contributed by atoms with E-state index in [1.165, 1.54) is 9.87 Å². The molecule has 1 heterocycles. The normalized spacial score (nSPS) is 15.5. The molecule has 1 saturated heterocycles. The van der Waals surface area contributed by atoms with Crippen LogP contribution in [0.4, 0.5) is 0 Å². The molecule has 0 saturated carbocycles. The molecular weight excluding hydrogens is 471 g/mol. The highest BCUT2D eigenvalue weighted by molar-refractivity contribution is 7.88. The lowest BCUT2D eigenvalue weighted by molar-refractivity contribution is -0.126. The minimum atomic E-state index is -3.51. The highest BCUT2D eigenvalue weighted by Gasteiger charge is 2.31. The van der Waals surface area contributed by atoms with Crippen molar-refractivity contribution in [1.29, 1.82) is 0 Å². The molecule has 2 aromatic rings. The molecule has 0 bridgehead atoms. The first-order valence-electron chi connectivity index (χ1n) is 10.6. The van der Waals surface area contributed by atoms with Gasteiger partial charge in [-0.05, 0) is 61.1 Å². The van der Waals surface area contributed by atoms with E-state index in [4.69, 9.17) is 27.9 Å². The molecule has 0 spiro atoms. The lowest BCUT2D eigenvalue weighted by Gasteiger charge is -2.30. The number of benzene rings is 2. The number of halogens is 2. The average Bonchev–Trinajstić information content (AvgIpc) is 2.79. The Morgan fingerprint density at radius 2 is 1.81 bits per heavy atom. The van der Waals surface area contributed by atoms with E-state index in [0.717, 1.165) is 18.6 Å². The third-order valence-corrected chi connectivity index (χ3v) is 8.09. The van der Waals surface area contributed by atoms with E-state index in [1.807, 2.05) is 24.3 Å². The summed E-state index contributed by atoms with van der Waals surface area (Å²) in [5.74, 6) is 0.483. The van der Waals surface area contributed by atoms with Crippen molar-refractivity contribution in [3.8, 4) is 5.75 Å². The molecule has 1 amide bonds. The SMILES string of the molecule is COc1ccc(CCCNC(=O)C2CCN(S(=O)(=O)Cc3ccc(Cl)cc3Cl)CC2)cc1. The monoisotopic (exact) mass is 498 g/mol. The zero-order valence-corrected chi connectivity index (χ0v) is 20.3. The molecule has 6 nitrogen and oxygen atoms in total. The summed E-state index contributed by atoms with van der Waals surface area (Å²) < 4.78 is 32.2. The number of aryl methyl sites for hydroxylation is 1. The van der Waals surface area contributed by atoms with E-state index in [0.29, 0.717) is 48.1 Å². The number of amides is 1. The van der Waals surface area contributed by atoms with Crippen LogP contribution in [0.25, 0.3) is 0 Å². The number of hydrogen-bond acceptors (Lipinski definition) is 4. The number of sulfonamides is 1. The smallest absolute Gasteiger partial charge is 0.223 e. The second-order valence-electron chi connectivity index (χ2n) is 7.91. The standard InChI is InChI=1S/C23H28Cl2N2O4S/c1-31-21-8-4-17(5-9-21)3-2-12-26-23(28)18-10-13-27(14-11-18)32(29,30)16-19-6-7-20(24)15-22(19)25/h4-9,15,18H,2-3,10-14,16H2,1H3,(H,26,28). The second-order valence-corrected chi connectivity index (χ2v) is 10.7. The van der Waals surface area contributed by atoms with E-state index in [9.17, 15) is 13.2 Å². The summed E-state index contributed by atoms with van der Waals surface area (Å²) in [5, 5.41) is 3.79. The summed E-state index contributed by atoms with van der Waals surface area (Å²) in [6.07, 6.45) is 2.73. The van der Waals surface area contributed by atoms with Crippen LogP contribution < -0.4 is 10.1 Å². The van der Waals surface area contributed by atoms with Crippen molar-refractivity contribution in [2.75, 3.05) is 26.7 Å². The molecular formula is C23H28Cl2N2O4S. The molecule has 1 fully saturated rings. The molecule has 0 aromatic heterocycles. The van der Waals surface area contributed by atoms with Crippen LogP contribution in [0.1, 0.15) is 30.4 Å². The zero-order valence-electron chi connectivity index (χ0n) is 18.0. The van der Waals surface area contributed by atoms with Gasteiger partial charge in [0.25, 0.3) is 0 Å². The van der Waals surface area contributed by atoms with Crippen molar-refractivity contribution in [2.45, 2.75) is 31.4 Å². The first-order valence-corrected chi connectivity index (χ1v) is 13.0. The minimum Gasteiger partial charge on any atom is -0.497 e. The highest BCUT2D eigenvalue weighted by atomic mass is 35.5. The lowest BCUT2D eigenvalue weighted by Crippen LogP contribution is -2.43. The molecule has 0 atom stereocenters. The van der Waals surface area contributed by atoms with Crippen LogP contribution in [0.2, 0.25) is 10.0 Å². The number of nitrogens with zero attached hydrogens (tertiary/aromatic N) is 1. The number of piperidine rings is 1. The van der Waals surface area contributed by atoms with Gasteiger partial charge in [-0.3, -0.25) is 4.79 Å². The summed E-state index contributed by atoms with van der Waals surface area (Å²) in [4.78, 5) is 12.5. The third kappa shape index (κ3) is 6.85. The number of rotatable bonds is 9. The van der Waals surface area contributed by atoms with Gasteiger partial charge in [0.1, 0.15) is 5.75 Å². The predicted molar refractivity (Wildman–Crippen MR) is 128 cm³/mol. The summed E-state index contributed by atoms with van der Waals surface area (Å²) >= 11 is 12.0. The Morgan fingerprint density at radius 3 is 2.44 bits per heavy atom. The van der Waals surface area contributed by atoms with Crippen molar-refractivity contribution in [3.63, 3.8) is 0 Å². The number of hydrogen-bond donors (Lipinski definition) is 1. The fraction of sp³-hybridized carbons (Fsp3) is 0.435. The molecule has 1 aliphatic rings. The van der Waals surface area contributed by atoms with Crippen LogP contribution in [0.3, 0.4) is 0 Å². The number of carbonyl (C=O) groups excluding carboxylic acids is 1. The molecule has 3 rings (SSSR count). The van der Waals surface area contributed by atoms with Gasteiger partial charge in [0.05, 0.1) is 12.9 Å². The summed E-state index contributed by atoms with van der Waals surface area (Å²) in [7, 11) is -1.87. The Balaban J connectivity index is 1.41. The minimum absolute atomic E-state index is 0.00229. The van der Waals surface area contributed by atoms with Gasteiger partial charge >= 0.3 is 0 Å². The Hall–Kier alpha value is -1.80. The van der Waals surface area contributed by atoms with Crippen LogP contribution in [0.5, 0.6) is 5.75 Å². The van der Waals surface area contributed by atoms with Gasteiger partial charge in [-0.2, -0.15) is 0 Å². The van der Waals surface area contributed by atoms with E-state index >= 15 is 0 Å². The summed E-state index contributed by atoms with van der Waals surface area (Å²) in [6.45, 7) is 1.26. The van der Waals surface area contributed by atoms with Crippen molar-refractivity contribution >= 4 is 39.1 Å². The van der Waals surface area contributed by atoms with Crippen molar-refractivity contribution in [1.82, 2.24) is 9.62 Å². The van der Waals surface area contributed by atoms with Gasteiger partial charge in [0, 0.05) is 35.6 Å². The molecule has 9 heteroatoms. The van der Waals surface area contributed by atoms with Crippen LogP contribution in [-0.2, 0) is 27.0 Å². The number of nitrogens with one attached hydrogen (secondary N) is 1. The van der Waals surface area contributed by atoms with Gasteiger partial charge in [-0.25, -0.2) is 12.7 Å². The molecule has 0 aliphatic carbocycles. The zero-order chi connectivity index (χ0) is 23.1. The fourth-order valence-electron chi connectivity index (χ4n) is 3.76. The molecule has 0 unspecified atom stereocenters. The van der Waals surface area contributed by atoms with Crippen LogP contribution >= 0.6 is 23.2 Å². The van der Waals surface area contributed by atoms with E-state index in [-0.39, 0.29) is 17.6 Å². The second kappa shape index (κ2) is 11.4. The van der Waals surface area contributed by atoms with E-state index < -0.39 is 10.0 Å². The van der Waals surface area contributed by atoms with Gasteiger partial charge in [-0.1, -0.05) is 41.4 Å². The van der Waals surface area contributed by atoms with Crippen LogP contribution in [0, 0.1) is 5.92 Å². The number of ether oxygens (including phenoxy) is 1. The van der Waals surface area contributed by atoms with Gasteiger partial charge < -0.3 is 10.1 Å². The first-order chi connectivity index (χ1) is 15.3. The third-order valence-electron chi connectivity index (χ3n) is 5.67. The summed E-state index contributed by atoms with van der Waals surface area (Å²) in [6, 6.07) is 12.7. The Morgan fingerprint density at radius 1 is 1.12 bits per heavy atom. The van der Waals surface area contributed by atoms with E-state index in [2.05, 4.69) is 5.32 Å². The predicted octanol–water partition coefficient (Wildman–Crippen LogP) is 4.29. The maximum absolute atomic E-state index is 12.8. The molecule has 32 heavy (non-hydrogen) atoms. The molecule has 0 radical (unpaired) electrons. The Bertz CT molecular complexity index is 1020. The Kier molecular flexibility index (Phi) is 8.82. The molecule has 174 valence electrons. The quantitative estimate of drug-likeness (QED) is 0.523.